The van der Waals surface area contributed by atoms with Crippen molar-refractivity contribution in [1.82, 2.24) is 9.78 Å². The van der Waals surface area contributed by atoms with Crippen molar-refractivity contribution in [2.75, 3.05) is 6.61 Å². The monoisotopic (exact) mass is 418 g/mol. The van der Waals surface area contributed by atoms with Gasteiger partial charge in [0.25, 0.3) is 5.56 Å². The summed E-state index contributed by atoms with van der Waals surface area (Å²) in [4.78, 5) is 12.9. The van der Waals surface area contributed by atoms with Gasteiger partial charge in [-0.2, -0.15) is 5.10 Å². The van der Waals surface area contributed by atoms with E-state index in [1.54, 1.807) is 24.3 Å². The zero-order valence-corrected chi connectivity index (χ0v) is 17.2. The van der Waals surface area contributed by atoms with Crippen molar-refractivity contribution in [3.8, 4) is 17.0 Å². The second-order valence-corrected chi connectivity index (χ2v) is 7.35. The molecule has 5 nitrogen and oxygen atoms in total. The van der Waals surface area contributed by atoms with Crippen molar-refractivity contribution in [2.45, 2.75) is 26.0 Å². The van der Waals surface area contributed by atoms with E-state index in [2.05, 4.69) is 12.0 Å². The van der Waals surface area contributed by atoms with E-state index in [1.165, 1.54) is 22.4 Å². The molecule has 1 atom stereocenters. The first kappa shape index (κ1) is 20.8. The number of benzene rings is 3. The molecule has 1 N–H and O–H groups in total. The van der Waals surface area contributed by atoms with Crippen LogP contribution in [0, 0.1) is 5.82 Å². The van der Waals surface area contributed by atoms with Crippen molar-refractivity contribution >= 4 is 10.8 Å². The molecule has 0 aliphatic carbocycles. The van der Waals surface area contributed by atoms with Gasteiger partial charge >= 0.3 is 0 Å². The molecule has 0 radical (unpaired) electrons. The van der Waals surface area contributed by atoms with Gasteiger partial charge in [0.15, 0.2) is 0 Å². The summed E-state index contributed by atoms with van der Waals surface area (Å²) in [5.74, 6) is 0.308. The highest BCUT2D eigenvalue weighted by Gasteiger charge is 2.15. The van der Waals surface area contributed by atoms with E-state index in [0.717, 1.165) is 6.42 Å². The van der Waals surface area contributed by atoms with Crippen LogP contribution in [0.25, 0.3) is 22.0 Å². The van der Waals surface area contributed by atoms with E-state index in [9.17, 15) is 14.3 Å². The Morgan fingerprint density at radius 3 is 2.35 bits per heavy atom. The van der Waals surface area contributed by atoms with Gasteiger partial charge in [0.1, 0.15) is 24.3 Å². The zero-order chi connectivity index (χ0) is 21.8. The lowest BCUT2D eigenvalue weighted by molar-refractivity contribution is 0.0882. The molecule has 158 valence electrons. The molecule has 0 fully saturated rings. The third kappa shape index (κ3) is 4.64. The normalized spacial score (nSPS) is 12.1. The van der Waals surface area contributed by atoms with Crippen LogP contribution < -0.4 is 10.3 Å². The summed E-state index contributed by atoms with van der Waals surface area (Å²) in [7, 11) is 0. The van der Waals surface area contributed by atoms with Gasteiger partial charge in [0.2, 0.25) is 0 Å². The Morgan fingerprint density at radius 1 is 1.00 bits per heavy atom. The summed E-state index contributed by atoms with van der Waals surface area (Å²) in [6.07, 6.45) is 0.00817. The molecule has 3 aromatic carbocycles. The van der Waals surface area contributed by atoms with E-state index in [1.807, 2.05) is 36.4 Å². The van der Waals surface area contributed by atoms with Crippen molar-refractivity contribution in [3.05, 3.63) is 94.5 Å². The third-order valence-electron chi connectivity index (χ3n) is 5.14. The molecule has 0 saturated carbocycles. The number of rotatable bonds is 7. The Kier molecular flexibility index (Phi) is 6.09. The Labute approximate surface area is 179 Å². The van der Waals surface area contributed by atoms with Crippen LogP contribution >= 0.6 is 0 Å². The van der Waals surface area contributed by atoms with Gasteiger partial charge in [-0.3, -0.25) is 4.79 Å². The summed E-state index contributed by atoms with van der Waals surface area (Å²) in [5.41, 5.74) is 2.15. The lowest BCUT2D eigenvalue weighted by Gasteiger charge is -2.15. The Bertz CT molecular complexity index is 1230. The summed E-state index contributed by atoms with van der Waals surface area (Å²) < 4.78 is 20.3. The van der Waals surface area contributed by atoms with E-state index in [0.29, 0.717) is 27.8 Å². The number of nitrogens with zero attached hydrogens (tertiary/aromatic N) is 2. The van der Waals surface area contributed by atoms with Crippen molar-refractivity contribution < 1.29 is 14.2 Å². The van der Waals surface area contributed by atoms with Crippen molar-refractivity contribution in [1.29, 1.82) is 0 Å². The van der Waals surface area contributed by atoms with Crippen LogP contribution in [0.5, 0.6) is 5.75 Å². The maximum absolute atomic E-state index is 13.4. The fourth-order valence-electron chi connectivity index (χ4n) is 3.45. The lowest BCUT2D eigenvalue weighted by atomic mass is 10.1. The molecule has 1 aromatic heterocycles. The van der Waals surface area contributed by atoms with E-state index < -0.39 is 6.10 Å². The number of aliphatic hydroxyl groups excluding tert-OH is 1. The maximum atomic E-state index is 13.4. The number of aromatic nitrogens is 2. The van der Waals surface area contributed by atoms with Gasteiger partial charge in [0.05, 0.1) is 17.6 Å². The zero-order valence-electron chi connectivity index (χ0n) is 17.2. The number of aryl methyl sites for hydroxylation is 1. The van der Waals surface area contributed by atoms with E-state index in [4.69, 9.17) is 4.74 Å². The summed E-state index contributed by atoms with van der Waals surface area (Å²) >= 11 is 0. The molecular formula is C25H23FN2O3. The number of ether oxygens (including phenoxy) is 1. The highest BCUT2D eigenvalue weighted by atomic mass is 19.1. The minimum absolute atomic E-state index is 0.0229. The smallest absolute Gasteiger partial charge is 0.274 e. The average molecular weight is 418 g/mol. The van der Waals surface area contributed by atoms with Crippen LogP contribution in [0.3, 0.4) is 0 Å². The van der Waals surface area contributed by atoms with E-state index >= 15 is 0 Å². The molecule has 31 heavy (non-hydrogen) atoms. The number of hydrogen-bond donors (Lipinski definition) is 1. The topological polar surface area (TPSA) is 64.3 Å². The summed E-state index contributed by atoms with van der Waals surface area (Å²) in [5, 5.41) is 16.1. The molecule has 1 unspecified atom stereocenters. The first-order valence-corrected chi connectivity index (χ1v) is 10.2. The van der Waals surface area contributed by atoms with Crippen LogP contribution in [0.1, 0.15) is 12.5 Å². The molecule has 1 heterocycles. The number of fused-ring (bicyclic) bond motifs is 1. The molecule has 6 heteroatoms. The summed E-state index contributed by atoms with van der Waals surface area (Å²) in [6, 6.07) is 20.8. The second-order valence-electron chi connectivity index (χ2n) is 7.35. The quantitative estimate of drug-likeness (QED) is 0.488. The molecule has 0 bridgehead atoms. The van der Waals surface area contributed by atoms with E-state index in [-0.39, 0.29) is 24.5 Å². The third-order valence-corrected chi connectivity index (χ3v) is 5.14. The minimum atomic E-state index is -0.932. The molecule has 4 aromatic rings. The molecule has 0 saturated heterocycles. The molecular weight excluding hydrogens is 395 g/mol. The Morgan fingerprint density at radius 2 is 1.68 bits per heavy atom. The minimum Gasteiger partial charge on any atom is -0.491 e. The Balaban J connectivity index is 1.60. The molecule has 0 amide bonds. The first-order valence-electron chi connectivity index (χ1n) is 10.2. The Hall–Kier alpha value is -3.51. The fraction of sp³-hybridized carbons (Fsp3) is 0.200. The number of aliphatic hydroxyl groups is 1. The van der Waals surface area contributed by atoms with Gasteiger partial charge in [-0.05, 0) is 54.4 Å². The highest BCUT2D eigenvalue weighted by molar-refractivity contribution is 5.93. The fourth-order valence-corrected chi connectivity index (χ4v) is 3.45. The number of hydrogen-bond acceptors (Lipinski definition) is 4. The van der Waals surface area contributed by atoms with Crippen LogP contribution in [0.2, 0.25) is 0 Å². The van der Waals surface area contributed by atoms with Gasteiger partial charge in [-0.25, -0.2) is 9.07 Å². The molecule has 0 spiro atoms. The van der Waals surface area contributed by atoms with Crippen LogP contribution in [-0.2, 0) is 13.0 Å². The maximum Gasteiger partial charge on any atom is 0.274 e. The average Bonchev–Trinajstić information content (AvgIpc) is 2.80. The van der Waals surface area contributed by atoms with Crippen LogP contribution in [0.15, 0.2) is 77.6 Å². The van der Waals surface area contributed by atoms with Crippen molar-refractivity contribution in [2.24, 2.45) is 0 Å². The molecule has 0 aliphatic rings. The molecule has 0 aliphatic heterocycles. The van der Waals surface area contributed by atoms with Crippen LogP contribution in [-0.4, -0.2) is 27.6 Å². The highest BCUT2D eigenvalue weighted by Crippen LogP contribution is 2.24. The SMILES string of the molecule is CCc1ccc(OCC(O)Cn2nc(-c3ccc(F)cc3)c3ccccc3c2=O)cc1. The summed E-state index contributed by atoms with van der Waals surface area (Å²) in [6.45, 7) is 2.08. The largest absolute Gasteiger partial charge is 0.491 e. The second kappa shape index (κ2) is 9.10. The predicted molar refractivity (Wildman–Crippen MR) is 119 cm³/mol. The van der Waals surface area contributed by atoms with Crippen LogP contribution in [0.4, 0.5) is 4.39 Å². The first-order chi connectivity index (χ1) is 15.0. The lowest BCUT2D eigenvalue weighted by Crippen LogP contribution is -2.32. The molecule has 4 rings (SSSR count). The van der Waals surface area contributed by atoms with Gasteiger partial charge in [-0.1, -0.05) is 37.3 Å². The standard InChI is InChI=1S/C25H23FN2O3/c1-2-17-7-13-21(14-8-17)31-16-20(29)15-28-25(30)23-6-4-3-5-22(23)24(27-28)18-9-11-19(26)12-10-18/h3-14,20,29H,2,15-16H2,1H3. The van der Waals surface area contributed by atoms with Gasteiger partial charge in [0, 0.05) is 10.9 Å². The van der Waals surface area contributed by atoms with Gasteiger partial charge < -0.3 is 9.84 Å². The number of halogens is 1. The van der Waals surface area contributed by atoms with Gasteiger partial charge in [-0.15, -0.1) is 0 Å². The predicted octanol–water partition coefficient (Wildman–Crippen LogP) is 4.20. The van der Waals surface area contributed by atoms with Crippen molar-refractivity contribution in [3.63, 3.8) is 0 Å².